The molecule has 16 nitrogen and oxygen atoms in total. The molecule has 72 heavy (non-hydrogen) atoms. The van der Waals surface area contributed by atoms with Gasteiger partial charge < -0.3 is 49.0 Å². The molecule has 3 N–H and O–H groups in total. The summed E-state index contributed by atoms with van der Waals surface area (Å²) in [6.07, 6.45) is 0.503. The van der Waals surface area contributed by atoms with Crippen molar-refractivity contribution in [2.75, 3.05) is 45.4 Å². The summed E-state index contributed by atoms with van der Waals surface area (Å²) in [4.78, 5) is 40.2. The maximum absolute atomic E-state index is 12.4. The third kappa shape index (κ3) is 14.3. The molecule has 3 aliphatic rings. The molecule has 0 saturated carbocycles. The Kier molecular flexibility index (Phi) is 19.9. The van der Waals surface area contributed by atoms with Gasteiger partial charge in [0.25, 0.3) is 0 Å². The Bertz CT molecular complexity index is 3190. The number of benzene rings is 6. The molecule has 0 fully saturated rings. The Balaban J connectivity index is 0.000000165. The Hall–Kier alpha value is -7.11. The Morgan fingerprint density at radius 1 is 0.653 bits per heavy atom. The summed E-state index contributed by atoms with van der Waals surface area (Å²) in [5.41, 5.74) is 11.8. The number of hydrogen-bond acceptors (Lipinski definition) is 15. The van der Waals surface area contributed by atoms with E-state index in [1.54, 1.807) is 30.3 Å². The first kappa shape index (κ1) is 54.2. The van der Waals surface area contributed by atoms with E-state index < -0.39 is 0 Å². The van der Waals surface area contributed by atoms with Gasteiger partial charge in [-0.2, -0.15) is 15.0 Å². The van der Waals surface area contributed by atoms with Gasteiger partial charge in [-0.15, -0.1) is 0 Å². The smallest absolute Gasteiger partial charge is 0.812 e. The quantitative estimate of drug-likeness (QED) is 0.0476. The van der Waals surface area contributed by atoms with Crippen molar-refractivity contribution in [1.82, 2.24) is 19.9 Å². The zero-order chi connectivity index (χ0) is 50.3. The molecule has 6 aromatic carbocycles. The van der Waals surface area contributed by atoms with Crippen molar-refractivity contribution in [3.05, 3.63) is 149 Å². The average Bonchev–Trinajstić information content (AvgIpc) is 3.37. The number of alkyl halides is 1. The van der Waals surface area contributed by atoms with E-state index in [1.165, 1.54) is 0 Å². The molecule has 0 unspecified atom stereocenters. The van der Waals surface area contributed by atoms with Gasteiger partial charge in [-0.25, -0.2) is 10.1 Å². The molecular weight excluding hydrogens is 1040 g/mol. The van der Waals surface area contributed by atoms with E-state index in [9.17, 15) is 9.59 Å². The molecule has 0 saturated heterocycles. The van der Waals surface area contributed by atoms with Crippen LogP contribution in [0.3, 0.4) is 0 Å². The van der Waals surface area contributed by atoms with Crippen molar-refractivity contribution in [3.63, 3.8) is 0 Å². The number of nitriles is 1. The molecule has 5 heterocycles. The van der Waals surface area contributed by atoms with Gasteiger partial charge >= 0.3 is 41.3 Å². The Morgan fingerprint density at radius 3 is 1.57 bits per heavy atom. The van der Waals surface area contributed by atoms with E-state index in [2.05, 4.69) is 56.4 Å². The number of hydrogen-bond donors (Lipinski definition) is 2. The van der Waals surface area contributed by atoms with Crippen molar-refractivity contribution in [3.8, 4) is 69.3 Å². The summed E-state index contributed by atoms with van der Waals surface area (Å²) in [5, 5.41) is 16.8. The fourth-order valence-electron chi connectivity index (χ4n) is 7.28. The summed E-state index contributed by atoms with van der Waals surface area (Å²) in [5.74, 6) is 3.81. The number of nitrogens with one attached hydrogen (secondary N) is 1. The van der Waals surface area contributed by atoms with Crippen LogP contribution in [0.15, 0.2) is 132 Å². The maximum atomic E-state index is 12.4. The number of fused-ring (bicyclic) bond motifs is 5. The molecule has 8 aromatic rings. The number of halogens is 1. The van der Waals surface area contributed by atoms with Crippen LogP contribution in [0.4, 0.5) is 5.69 Å². The van der Waals surface area contributed by atoms with Crippen LogP contribution < -0.4 is 79.2 Å². The van der Waals surface area contributed by atoms with Crippen molar-refractivity contribution in [2.45, 2.75) is 37.7 Å². The molecule has 2 aromatic heterocycles. The van der Waals surface area contributed by atoms with Crippen molar-refractivity contribution in [1.29, 1.82) is 5.26 Å². The third-order valence-electron chi connectivity index (χ3n) is 10.2. The van der Waals surface area contributed by atoms with Crippen LogP contribution in [0, 0.1) is 11.5 Å². The monoisotopic (exact) mass is 1090 g/mol. The van der Waals surface area contributed by atoms with Gasteiger partial charge in [0.2, 0.25) is 0 Å². The second-order valence-electron chi connectivity index (χ2n) is 16.1. The van der Waals surface area contributed by atoms with Gasteiger partial charge in [0, 0.05) is 67.1 Å². The summed E-state index contributed by atoms with van der Waals surface area (Å²) in [6.45, 7) is 11.3. The number of rotatable bonds is 6. The van der Waals surface area contributed by atoms with Gasteiger partial charge in [-0.3, -0.25) is 4.79 Å². The van der Waals surface area contributed by atoms with Crippen LogP contribution in [0.5, 0.6) is 40.5 Å². The van der Waals surface area contributed by atoms with Crippen LogP contribution in [0.1, 0.15) is 43.6 Å². The molecule has 0 spiro atoms. The van der Waals surface area contributed by atoms with Gasteiger partial charge in [-0.1, -0.05) is 127 Å². The minimum atomic E-state index is -0.377. The minimum absolute atomic E-state index is 0. The van der Waals surface area contributed by atoms with Gasteiger partial charge in [0.05, 0.1) is 28.5 Å². The van der Waals surface area contributed by atoms with Crippen LogP contribution in [-0.2, 0) is 0 Å². The first-order valence-electron chi connectivity index (χ1n) is 22.6. The number of ether oxygens (including phenoxy) is 7. The first-order valence-corrected chi connectivity index (χ1v) is 23.8. The van der Waals surface area contributed by atoms with Crippen LogP contribution >= 0.6 is 22.6 Å². The molecule has 364 valence electrons. The summed E-state index contributed by atoms with van der Waals surface area (Å²) in [7, 11) is 0. The van der Waals surface area contributed by atoms with Crippen LogP contribution in [0.2, 0.25) is 0 Å². The largest absolute Gasteiger partial charge is 1.00 e. The number of nitrogens with zero attached hydrogens (tertiary/aromatic N) is 4. The number of carbonyl (C=O) groups is 1. The van der Waals surface area contributed by atoms with Crippen molar-refractivity contribution >= 4 is 55.9 Å². The number of ketones is 1. The molecule has 3 aliphatic heterocycles. The van der Waals surface area contributed by atoms with Crippen LogP contribution in [0.25, 0.3) is 44.3 Å². The molecule has 0 amide bonds. The summed E-state index contributed by atoms with van der Waals surface area (Å²) < 4.78 is 40.0. The fraction of sp³-hybridized carbons (Fsp3) is 0.222. The predicted molar refractivity (Wildman–Crippen MR) is 277 cm³/mol. The summed E-state index contributed by atoms with van der Waals surface area (Å²) >= 11 is 2.34. The minimum Gasteiger partial charge on any atom is -0.812 e. The van der Waals surface area contributed by atoms with Crippen LogP contribution in [-0.4, -0.2) is 75.4 Å². The Labute approximate surface area is 451 Å². The van der Waals surface area contributed by atoms with Crippen molar-refractivity contribution in [2.24, 2.45) is 0 Å². The number of aromatic amines is 1. The average molecular weight is 1090 g/mol. The normalized spacial score (nSPS) is 12.4. The molecule has 0 bridgehead atoms. The van der Waals surface area contributed by atoms with E-state index in [0.717, 1.165) is 42.8 Å². The predicted octanol–water partition coefficient (Wildman–Crippen LogP) is 6.15. The molecule has 0 radical (unpaired) electrons. The van der Waals surface area contributed by atoms with E-state index >= 15 is 0 Å². The number of nitrogen functional groups attached to an aromatic ring is 1. The van der Waals surface area contributed by atoms with E-state index in [-0.39, 0.29) is 47.1 Å². The number of carbonyl (C=O) groups excluding carboxylic acids is 1. The number of aromatic nitrogens is 4. The van der Waals surface area contributed by atoms with Gasteiger partial charge in [0.15, 0.2) is 40.3 Å². The molecule has 11 rings (SSSR count). The van der Waals surface area contributed by atoms with E-state index in [4.69, 9.17) is 49.3 Å². The van der Waals surface area contributed by atoms with Crippen molar-refractivity contribution < 1.29 is 72.6 Å². The van der Waals surface area contributed by atoms with E-state index in [1.807, 2.05) is 111 Å². The molecular formula is C54H50IN6NaO10. The topological polar surface area (TPSA) is 226 Å². The standard InChI is InChI=1S/C19H18N2O3.C16H12N2O3.C15H13NO3.C3H7I.CHNO.Na/c1-12(2)24-19-20-15-11-17-16(22-8-9-23-17)10-14(15)18(21-19)13-6-4-3-5-7-13;19-16-17-12-9-14-13(20-6-7-21-14)8-11(12)15(18-16)10-4-2-1-3-5-10;16-12-9-14-13(18-6-7-19-14)8-11(12)15(17)10-4-2-1-3-5-10;1-3(2)4;2-1-3;/h3-7,10-12H,8-9H2,1-2H3;1-5,8-9H,6-7H2,(H,17,18,19);1-5,8-9H,6-7,16H2;3H,1-2H3;3H;/q;;;;;+1/p-1. The summed E-state index contributed by atoms with van der Waals surface area (Å²) in [6, 6.07) is 39.8. The fourth-order valence-corrected chi connectivity index (χ4v) is 7.28. The molecule has 0 aliphatic carbocycles. The number of anilines is 1. The SMILES string of the molecule is CC(C)I.CC(C)Oc1nc(-c2ccccc2)c2cc3c(cc2n1)OCCO3.N#C[O-].Nc1cc2c(cc1C(=O)c1ccccc1)OCCO2.O=c1nc(-c2ccccc2)c2cc3c(cc2[nH]1)OCCO3.[Na+]. The number of nitrogens with two attached hydrogens (primary N) is 1. The third-order valence-corrected chi connectivity index (χ3v) is 10.2. The van der Waals surface area contributed by atoms with E-state index in [0.29, 0.717) is 109 Å². The van der Waals surface area contributed by atoms with Gasteiger partial charge in [0.1, 0.15) is 39.6 Å². The molecule has 18 heteroatoms. The molecule has 0 atom stereocenters. The maximum Gasteiger partial charge on any atom is 1.00 e. The van der Waals surface area contributed by atoms with Gasteiger partial charge in [-0.05, 0) is 32.0 Å². The second kappa shape index (κ2) is 26.4. The Morgan fingerprint density at radius 2 is 1.07 bits per heavy atom. The zero-order valence-electron chi connectivity index (χ0n) is 40.3. The first-order chi connectivity index (χ1) is 34.4. The zero-order valence-corrected chi connectivity index (χ0v) is 44.5. The second-order valence-corrected chi connectivity index (χ2v) is 18.6. The number of H-pyrrole nitrogens is 1.